The molecule has 0 aliphatic rings. The van der Waals surface area contributed by atoms with Gasteiger partial charge in [0.15, 0.2) is 0 Å². The summed E-state index contributed by atoms with van der Waals surface area (Å²) in [4.78, 5) is 2.57. The molecule has 2 N–H and O–H groups in total. The second-order valence-electron chi connectivity index (χ2n) is 2.24. The van der Waals surface area contributed by atoms with Gasteiger partial charge in [-0.2, -0.15) is 0 Å². The second kappa shape index (κ2) is 6.07. The quantitative estimate of drug-likeness (QED) is 0.475. The van der Waals surface area contributed by atoms with Crippen LogP contribution in [0.5, 0.6) is 0 Å². The zero-order valence-electron chi connectivity index (χ0n) is 6.62. The molecule has 0 aliphatic carbocycles. The summed E-state index contributed by atoms with van der Waals surface area (Å²) in [6, 6.07) is 0. The van der Waals surface area contributed by atoms with Crippen LogP contribution >= 0.6 is 12.2 Å². The van der Waals surface area contributed by atoms with Crippen molar-refractivity contribution in [2.45, 2.75) is 0 Å². The smallest absolute Gasteiger partial charge is 0.0870 e. The fraction of sp³-hybridized carbons (Fsp3) is 0.375. The molecule has 0 fully saturated rings. The van der Waals surface area contributed by atoms with Gasteiger partial charge in [-0.1, -0.05) is 24.4 Å². The van der Waals surface area contributed by atoms with Crippen molar-refractivity contribution in [1.29, 1.82) is 0 Å². The van der Waals surface area contributed by atoms with Crippen molar-refractivity contribution in [2.24, 2.45) is 5.73 Å². The van der Waals surface area contributed by atoms with Gasteiger partial charge in [-0.15, -0.1) is 13.2 Å². The molecule has 0 bridgehead atoms. The van der Waals surface area contributed by atoms with Crippen molar-refractivity contribution in [2.75, 3.05) is 19.6 Å². The minimum atomic E-state index is 0.508. The number of rotatable bonds is 6. The maximum absolute atomic E-state index is 5.38. The summed E-state index contributed by atoms with van der Waals surface area (Å²) in [7, 11) is 0. The van der Waals surface area contributed by atoms with Crippen molar-refractivity contribution in [3.8, 4) is 0 Å². The van der Waals surface area contributed by atoms with Crippen LogP contribution in [0.1, 0.15) is 0 Å². The highest BCUT2D eigenvalue weighted by atomic mass is 32.1. The maximum atomic E-state index is 5.38. The third-order valence-corrected chi connectivity index (χ3v) is 1.28. The van der Waals surface area contributed by atoms with E-state index in [4.69, 9.17) is 18.0 Å². The predicted octanol–water partition coefficient (Wildman–Crippen LogP) is 0.947. The first-order valence-corrected chi connectivity index (χ1v) is 3.84. The van der Waals surface area contributed by atoms with Gasteiger partial charge < -0.3 is 5.73 Å². The SMILES string of the molecule is C=CCN(CC=C)CC(N)=S. The Bertz CT molecular complexity index is 144. The molecule has 0 heterocycles. The monoisotopic (exact) mass is 170 g/mol. The molecule has 0 saturated carbocycles. The van der Waals surface area contributed by atoms with E-state index in [-0.39, 0.29) is 0 Å². The van der Waals surface area contributed by atoms with Gasteiger partial charge in [0.2, 0.25) is 0 Å². The first-order valence-electron chi connectivity index (χ1n) is 3.43. The molecule has 0 aromatic heterocycles. The summed E-state index contributed by atoms with van der Waals surface area (Å²) in [5, 5.41) is 0. The highest BCUT2D eigenvalue weighted by Gasteiger charge is 2.00. The molecular formula is C8H14N2S. The van der Waals surface area contributed by atoms with Crippen LogP contribution in [0.15, 0.2) is 25.3 Å². The summed E-state index contributed by atoms with van der Waals surface area (Å²) >= 11 is 4.77. The van der Waals surface area contributed by atoms with Gasteiger partial charge in [0, 0.05) is 19.6 Å². The summed E-state index contributed by atoms with van der Waals surface area (Å²) in [5.41, 5.74) is 5.38. The highest BCUT2D eigenvalue weighted by molar-refractivity contribution is 7.80. The topological polar surface area (TPSA) is 29.3 Å². The molecule has 2 nitrogen and oxygen atoms in total. The molecule has 0 unspecified atom stereocenters. The van der Waals surface area contributed by atoms with Gasteiger partial charge in [-0.3, -0.25) is 4.90 Å². The molecule has 3 heteroatoms. The van der Waals surface area contributed by atoms with E-state index in [2.05, 4.69) is 18.1 Å². The van der Waals surface area contributed by atoms with Gasteiger partial charge in [-0.25, -0.2) is 0 Å². The van der Waals surface area contributed by atoms with Crippen LogP contribution < -0.4 is 5.73 Å². The lowest BCUT2D eigenvalue weighted by Gasteiger charge is -2.16. The lowest BCUT2D eigenvalue weighted by molar-refractivity contribution is 0.384. The van der Waals surface area contributed by atoms with E-state index in [1.165, 1.54) is 0 Å². The molecule has 0 atom stereocenters. The Hall–Kier alpha value is -0.670. The average molecular weight is 170 g/mol. The van der Waals surface area contributed by atoms with Gasteiger partial charge in [-0.05, 0) is 0 Å². The molecule has 0 aromatic carbocycles. The van der Waals surface area contributed by atoms with Gasteiger partial charge in [0.25, 0.3) is 0 Å². The molecule has 0 saturated heterocycles. The Kier molecular flexibility index (Phi) is 5.70. The van der Waals surface area contributed by atoms with Crippen molar-refractivity contribution < 1.29 is 0 Å². The lowest BCUT2D eigenvalue weighted by atomic mass is 10.4. The summed E-state index contributed by atoms with van der Waals surface area (Å²) in [6.45, 7) is 9.48. The van der Waals surface area contributed by atoms with Gasteiger partial charge in [0.05, 0.1) is 4.99 Å². The Labute approximate surface area is 73.4 Å². The van der Waals surface area contributed by atoms with E-state index < -0.39 is 0 Å². The summed E-state index contributed by atoms with van der Waals surface area (Å²) in [6.07, 6.45) is 3.64. The van der Waals surface area contributed by atoms with E-state index in [9.17, 15) is 0 Å². The zero-order valence-corrected chi connectivity index (χ0v) is 7.44. The van der Waals surface area contributed by atoms with Crippen LogP contribution in [0.2, 0.25) is 0 Å². The maximum Gasteiger partial charge on any atom is 0.0870 e. The minimum Gasteiger partial charge on any atom is -0.392 e. The molecule has 0 spiro atoms. The van der Waals surface area contributed by atoms with Crippen LogP contribution in [0.4, 0.5) is 0 Å². The molecular weight excluding hydrogens is 156 g/mol. The van der Waals surface area contributed by atoms with Crippen LogP contribution in [0.3, 0.4) is 0 Å². The largest absolute Gasteiger partial charge is 0.392 e. The predicted molar refractivity (Wildman–Crippen MR) is 53.6 cm³/mol. The van der Waals surface area contributed by atoms with E-state index in [1.807, 2.05) is 12.2 Å². The standard InChI is InChI=1S/C8H14N2S/c1-3-5-10(6-4-2)7-8(9)11/h3-4H,1-2,5-7H2,(H2,9,11). The number of nitrogens with zero attached hydrogens (tertiary/aromatic N) is 1. The molecule has 0 aliphatic heterocycles. The van der Waals surface area contributed by atoms with E-state index in [0.29, 0.717) is 11.5 Å². The second-order valence-corrected chi connectivity index (χ2v) is 2.76. The molecule has 0 radical (unpaired) electrons. The fourth-order valence-corrected chi connectivity index (χ4v) is 0.972. The number of thiocarbonyl (C=S) groups is 1. The third kappa shape index (κ3) is 5.76. The Morgan fingerprint density at radius 1 is 1.36 bits per heavy atom. The van der Waals surface area contributed by atoms with Crippen molar-refractivity contribution in [3.63, 3.8) is 0 Å². The summed E-state index contributed by atoms with van der Waals surface area (Å²) in [5.74, 6) is 0. The Morgan fingerprint density at radius 2 is 1.82 bits per heavy atom. The fourth-order valence-electron chi connectivity index (χ4n) is 0.789. The molecule has 62 valence electrons. The van der Waals surface area contributed by atoms with Gasteiger partial charge in [0.1, 0.15) is 0 Å². The Balaban J connectivity index is 3.76. The molecule has 0 rings (SSSR count). The zero-order chi connectivity index (χ0) is 8.69. The number of hydrogen-bond acceptors (Lipinski definition) is 2. The molecule has 0 aromatic rings. The lowest BCUT2D eigenvalue weighted by Crippen LogP contribution is -2.32. The van der Waals surface area contributed by atoms with Crippen LogP contribution in [0.25, 0.3) is 0 Å². The molecule has 11 heavy (non-hydrogen) atoms. The third-order valence-electron chi connectivity index (χ3n) is 1.15. The normalized spacial score (nSPS) is 9.55. The molecule has 0 amide bonds. The average Bonchev–Trinajstić information content (AvgIpc) is 1.87. The van der Waals surface area contributed by atoms with Gasteiger partial charge >= 0.3 is 0 Å². The van der Waals surface area contributed by atoms with Crippen LogP contribution in [-0.4, -0.2) is 29.5 Å². The van der Waals surface area contributed by atoms with Crippen LogP contribution in [-0.2, 0) is 0 Å². The number of nitrogens with two attached hydrogens (primary N) is 1. The van der Waals surface area contributed by atoms with Crippen LogP contribution in [0, 0.1) is 0 Å². The van der Waals surface area contributed by atoms with Crippen molar-refractivity contribution in [3.05, 3.63) is 25.3 Å². The van der Waals surface area contributed by atoms with Crippen molar-refractivity contribution in [1.82, 2.24) is 4.90 Å². The van der Waals surface area contributed by atoms with Crippen molar-refractivity contribution >= 4 is 17.2 Å². The number of hydrogen-bond donors (Lipinski definition) is 1. The van der Waals surface area contributed by atoms with E-state index >= 15 is 0 Å². The summed E-state index contributed by atoms with van der Waals surface area (Å²) < 4.78 is 0. The minimum absolute atomic E-state index is 0.508. The highest BCUT2D eigenvalue weighted by Crippen LogP contribution is 1.88. The first-order chi connectivity index (χ1) is 5.20. The van der Waals surface area contributed by atoms with E-state index in [1.54, 1.807) is 0 Å². The van der Waals surface area contributed by atoms with E-state index in [0.717, 1.165) is 13.1 Å². The first kappa shape index (κ1) is 10.3. The Morgan fingerprint density at radius 3 is 2.09 bits per heavy atom.